The fraction of sp³-hybridized carbons (Fsp3) is 0.111. The van der Waals surface area contributed by atoms with Gasteiger partial charge < -0.3 is 16.2 Å². The van der Waals surface area contributed by atoms with Crippen molar-refractivity contribution >= 4 is 17.4 Å². The van der Waals surface area contributed by atoms with Gasteiger partial charge in [-0.3, -0.25) is 4.79 Å². The Hall–Kier alpha value is -3.08. The van der Waals surface area contributed by atoms with Crippen molar-refractivity contribution < 1.29 is 9.53 Å². The second kappa shape index (κ2) is 6.36. The number of hydrogen-bond donors (Lipinski definition) is 2. The van der Waals surface area contributed by atoms with E-state index in [1.54, 1.807) is 18.2 Å². The number of fused-ring (bicyclic) bond motifs is 1. The average molecular weight is 307 g/mol. The molecule has 4 N–H and O–H groups in total. The van der Waals surface area contributed by atoms with E-state index in [4.69, 9.17) is 16.2 Å². The molecule has 0 saturated carbocycles. The Bertz CT molecular complexity index is 791. The third kappa shape index (κ3) is 3.23. The van der Waals surface area contributed by atoms with Crippen molar-refractivity contribution in [2.75, 3.05) is 6.61 Å². The van der Waals surface area contributed by atoms with E-state index in [9.17, 15) is 4.79 Å². The highest BCUT2D eigenvalue weighted by molar-refractivity contribution is 6.03. The van der Waals surface area contributed by atoms with Gasteiger partial charge in [0.15, 0.2) is 5.96 Å². The van der Waals surface area contributed by atoms with E-state index in [0.29, 0.717) is 12.2 Å². The summed E-state index contributed by atoms with van der Waals surface area (Å²) in [6, 6.07) is 15.2. The molecule has 0 aliphatic carbocycles. The summed E-state index contributed by atoms with van der Waals surface area (Å²) >= 11 is 0. The maximum Gasteiger partial charge on any atom is 0.280 e. The number of rotatable bonds is 2. The van der Waals surface area contributed by atoms with Gasteiger partial charge in [0.1, 0.15) is 5.75 Å². The summed E-state index contributed by atoms with van der Waals surface area (Å²) in [5, 5.41) is 0. The third-order valence-electron chi connectivity index (χ3n) is 3.56. The normalized spacial score (nSPS) is 13.1. The summed E-state index contributed by atoms with van der Waals surface area (Å²) in [6.07, 6.45) is 2.92. The van der Waals surface area contributed by atoms with E-state index in [2.05, 4.69) is 11.1 Å². The van der Waals surface area contributed by atoms with Crippen LogP contribution in [0.2, 0.25) is 0 Å². The summed E-state index contributed by atoms with van der Waals surface area (Å²) in [6.45, 7) is 0.602. The number of nitrogens with zero attached hydrogens (tertiary/aromatic N) is 1. The van der Waals surface area contributed by atoms with Crippen LogP contribution >= 0.6 is 0 Å². The van der Waals surface area contributed by atoms with E-state index in [1.165, 1.54) is 0 Å². The molecule has 0 atom stereocenters. The van der Waals surface area contributed by atoms with Gasteiger partial charge in [0.05, 0.1) is 6.61 Å². The molecule has 3 rings (SSSR count). The van der Waals surface area contributed by atoms with Crippen molar-refractivity contribution in [2.45, 2.75) is 6.42 Å². The fourth-order valence-corrected chi connectivity index (χ4v) is 2.55. The lowest BCUT2D eigenvalue weighted by atomic mass is 9.95. The minimum atomic E-state index is -0.468. The summed E-state index contributed by atoms with van der Waals surface area (Å²) in [5.74, 6) is 0.0309. The Morgan fingerprint density at radius 3 is 2.61 bits per heavy atom. The lowest BCUT2D eigenvalue weighted by Crippen LogP contribution is -2.24. The zero-order valence-corrected chi connectivity index (χ0v) is 12.5. The number of carbonyl (C=O) groups is 1. The van der Waals surface area contributed by atoms with E-state index >= 15 is 0 Å². The van der Waals surface area contributed by atoms with Crippen molar-refractivity contribution in [1.82, 2.24) is 0 Å². The first kappa shape index (κ1) is 14.8. The number of carbonyl (C=O) groups excluding carboxylic acids is 1. The Kier molecular flexibility index (Phi) is 4.10. The van der Waals surface area contributed by atoms with Gasteiger partial charge in [0.25, 0.3) is 5.91 Å². The molecular formula is C18H17N3O2. The molecule has 0 spiro atoms. The molecule has 0 bridgehead atoms. The number of ether oxygens (including phenoxy) is 1. The monoisotopic (exact) mass is 307 g/mol. The van der Waals surface area contributed by atoms with E-state index in [1.807, 2.05) is 30.3 Å². The largest absolute Gasteiger partial charge is 0.493 e. The molecule has 1 amide bonds. The SMILES string of the molecule is NC(N)=NC(=O)c1ccc2c(c1)C(c1ccccc1)=CCCO2. The third-order valence-corrected chi connectivity index (χ3v) is 3.56. The predicted octanol–water partition coefficient (Wildman–Crippen LogP) is 2.31. The minimum Gasteiger partial charge on any atom is -0.493 e. The van der Waals surface area contributed by atoms with Gasteiger partial charge in [0, 0.05) is 17.5 Å². The molecule has 0 aromatic heterocycles. The molecular weight excluding hydrogens is 290 g/mol. The van der Waals surface area contributed by atoms with Crippen LogP contribution in [-0.4, -0.2) is 18.5 Å². The van der Waals surface area contributed by atoms with Crippen LogP contribution < -0.4 is 16.2 Å². The van der Waals surface area contributed by atoms with Crippen molar-refractivity contribution in [2.24, 2.45) is 16.5 Å². The number of nitrogens with two attached hydrogens (primary N) is 2. The quantitative estimate of drug-likeness (QED) is 0.658. The van der Waals surface area contributed by atoms with Crippen molar-refractivity contribution in [3.05, 3.63) is 71.3 Å². The van der Waals surface area contributed by atoms with Crippen LogP contribution in [-0.2, 0) is 0 Å². The first-order valence-electron chi connectivity index (χ1n) is 7.32. The summed E-state index contributed by atoms with van der Waals surface area (Å²) in [7, 11) is 0. The Labute approximate surface area is 134 Å². The Balaban J connectivity index is 2.09. The smallest absolute Gasteiger partial charge is 0.280 e. The molecule has 0 fully saturated rings. The zero-order valence-electron chi connectivity index (χ0n) is 12.5. The molecule has 1 aliphatic heterocycles. The fourth-order valence-electron chi connectivity index (χ4n) is 2.55. The first-order chi connectivity index (χ1) is 11.1. The second-order valence-electron chi connectivity index (χ2n) is 5.17. The summed E-state index contributed by atoms with van der Waals surface area (Å²) in [5.41, 5.74) is 14.0. The molecule has 2 aromatic rings. The van der Waals surface area contributed by atoms with Crippen LogP contribution in [0.15, 0.2) is 59.6 Å². The van der Waals surface area contributed by atoms with Crippen LogP contribution in [0.1, 0.15) is 27.9 Å². The standard InChI is InChI=1S/C18H17N3O2/c19-18(20)21-17(22)13-8-9-16-15(11-13)14(7-4-10-23-16)12-5-2-1-3-6-12/h1-3,5-9,11H,4,10H2,(H4,19,20,21,22). The van der Waals surface area contributed by atoms with Gasteiger partial charge in [-0.1, -0.05) is 36.4 Å². The van der Waals surface area contributed by atoms with Gasteiger partial charge in [-0.2, -0.15) is 4.99 Å². The van der Waals surface area contributed by atoms with Crippen molar-refractivity contribution in [1.29, 1.82) is 0 Å². The second-order valence-corrected chi connectivity index (χ2v) is 5.17. The Morgan fingerprint density at radius 1 is 1.09 bits per heavy atom. The molecule has 0 radical (unpaired) electrons. The zero-order chi connectivity index (χ0) is 16.2. The molecule has 1 heterocycles. The number of hydrogen-bond acceptors (Lipinski definition) is 2. The molecule has 0 unspecified atom stereocenters. The van der Waals surface area contributed by atoms with Gasteiger partial charge in [-0.15, -0.1) is 0 Å². The van der Waals surface area contributed by atoms with E-state index in [-0.39, 0.29) is 5.96 Å². The van der Waals surface area contributed by atoms with Crippen molar-refractivity contribution in [3.8, 4) is 5.75 Å². The first-order valence-corrected chi connectivity index (χ1v) is 7.32. The van der Waals surface area contributed by atoms with Gasteiger partial charge in [-0.25, -0.2) is 0 Å². The van der Waals surface area contributed by atoms with E-state index < -0.39 is 5.91 Å². The predicted molar refractivity (Wildman–Crippen MR) is 90.2 cm³/mol. The molecule has 0 saturated heterocycles. The highest BCUT2D eigenvalue weighted by Gasteiger charge is 2.17. The molecule has 1 aliphatic rings. The average Bonchev–Trinajstić information content (AvgIpc) is 2.76. The number of benzene rings is 2. The number of aliphatic imine (C=N–C) groups is 1. The summed E-state index contributed by atoms with van der Waals surface area (Å²) < 4.78 is 5.77. The maximum absolute atomic E-state index is 12.1. The topological polar surface area (TPSA) is 90.7 Å². The molecule has 2 aromatic carbocycles. The van der Waals surface area contributed by atoms with Gasteiger partial charge in [0.2, 0.25) is 0 Å². The molecule has 116 valence electrons. The highest BCUT2D eigenvalue weighted by atomic mass is 16.5. The molecule has 23 heavy (non-hydrogen) atoms. The van der Waals surface area contributed by atoms with Crippen LogP contribution in [0.25, 0.3) is 5.57 Å². The minimum absolute atomic E-state index is 0.250. The van der Waals surface area contributed by atoms with Crippen LogP contribution in [0, 0.1) is 0 Å². The van der Waals surface area contributed by atoms with Gasteiger partial charge in [-0.05, 0) is 29.3 Å². The van der Waals surface area contributed by atoms with E-state index in [0.717, 1.165) is 28.9 Å². The highest BCUT2D eigenvalue weighted by Crippen LogP contribution is 2.34. The van der Waals surface area contributed by atoms with Gasteiger partial charge >= 0.3 is 0 Å². The molecule has 5 nitrogen and oxygen atoms in total. The molecule has 5 heteroatoms. The number of amides is 1. The lowest BCUT2D eigenvalue weighted by Gasteiger charge is -2.12. The van der Waals surface area contributed by atoms with Crippen molar-refractivity contribution in [3.63, 3.8) is 0 Å². The van der Waals surface area contributed by atoms with Crippen LogP contribution in [0.4, 0.5) is 0 Å². The maximum atomic E-state index is 12.1. The van der Waals surface area contributed by atoms with Crippen LogP contribution in [0.5, 0.6) is 5.75 Å². The Morgan fingerprint density at radius 2 is 1.87 bits per heavy atom. The lowest BCUT2D eigenvalue weighted by molar-refractivity contribution is 0.100. The van der Waals surface area contributed by atoms with Crippen LogP contribution in [0.3, 0.4) is 0 Å². The summed E-state index contributed by atoms with van der Waals surface area (Å²) in [4.78, 5) is 15.7. The number of guanidine groups is 1.